The third kappa shape index (κ3) is 3.58. The zero-order chi connectivity index (χ0) is 13.0. The highest BCUT2D eigenvalue weighted by molar-refractivity contribution is 7.98. The predicted octanol–water partition coefficient (Wildman–Crippen LogP) is 2.20. The molecule has 6 nitrogen and oxygen atoms in total. The Morgan fingerprint density at radius 2 is 2.22 bits per heavy atom. The molecule has 8 heteroatoms. The molecule has 2 aromatic rings. The van der Waals surface area contributed by atoms with E-state index in [2.05, 4.69) is 25.4 Å². The highest BCUT2D eigenvalue weighted by Gasteiger charge is 2.04. The molecule has 0 amide bonds. The number of aromatic nitrogens is 4. The van der Waals surface area contributed by atoms with Gasteiger partial charge in [-0.25, -0.2) is 9.97 Å². The van der Waals surface area contributed by atoms with Gasteiger partial charge >= 0.3 is 0 Å². The van der Waals surface area contributed by atoms with Crippen LogP contribution in [0.5, 0.6) is 0 Å². The monoisotopic (exact) mass is 285 g/mol. The molecule has 0 spiro atoms. The van der Waals surface area contributed by atoms with Gasteiger partial charge in [0.05, 0.1) is 0 Å². The van der Waals surface area contributed by atoms with Crippen molar-refractivity contribution in [3.8, 4) is 0 Å². The van der Waals surface area contributed by atoms with Crippen LogP contribution in [0.2, 0.25) is 5.15 Å². The second-order valence-electron chi connectivity index (χ2n) is 3.47. The Hall–Kier alpha value is -1.34. The molecule has 2 aromatic heterocycles. The van der Waals surface area contributed by atoms with Crippen molar-refractivity contribution in [2.24, 2.45) is 0 Å². The van der Waals surface area contributed by atoms with E-state index in [9.17, 15) is 0 Å². The maximum Gasteiger partial charge on any atom is 0.223 e. The molecule has 0 saturated heterocycles. The van der Waals surface area contributed by atoms with Crippen LogP contribution in [0.3, 0.4) is 0 Å². The van der Waals surface area contributed by atoms with Gasteiger partial charge in [0.25, 0.3) is 0 Å². The number of nitrogens with one attached hydrogen (secondary N) is 1. The van der Waals surface area contributed by atoms with E-state index in [-0.39, 0.29) is 0 Å². The second-order valence-corrected chi connectivity index (χ2v) is 4.63. The van der Waals surface area contributed by atoms with E-state index in [1.165, 1.54) is 11.8 Å². The number of rotatable bonds is 5. The summed E-state index contributed by atoms with van der Waals surface area (Å²) in [5.74, 6) is 1.93. The Labute approximate surface area is 114 Å². The Morgan fingerprint density at radius 1 is 1.39 bits per heavy atom. The molecule has 0 fully saturated rings. The quantitative estimate of drug-likeness (QED) is 0.512. The van der Waals surface area contributed by atoms with Crippen LogP contribution in [-0.4, -0.2) is 32.9 Å². The normalized spacial score (nSPS) is 10.6. The van der Waals surface area contributed by atoms with Crippen LogP contribution in [0.15, 0.2) is 15.7 Å². The standard InChI is InChI=1S/C10H12ClN5OS/c1-6-13-8(16-17-6)3-4-12-9-5-7(11)14-10(15-9)18-2/h5H,3-4H2,1-2H3,(H,12,14,15). The van der Waals surface area contributed by atoms with Crippen molar-refractivity contribution >= 4 is 29.2 Å². The number of halogens is 1. The molecule has 0 aliphatic heterocycles. The lowest BCUT2D eigenvalue weighted by Gasteiger charge is -2.05. The van der Waals surface area contributed by atoms with Gasteiger partial charge in [0.2, 0.25) is 5.89 Å². The van der Waals surface area contributed by atoms with E-state index in [1.54, 1.807) is 13.0 Å². The van der Waals surface area contributed by atoms with E-state index < -0.39 is 0 Å². The summed E-state index contributed by atoms with van der Waals surface area (Å²) in [6.07, 6.45) is 2.56. The highest BCUT2D eigenvalue weighted by atomic mass is 35.5. The molecule has 1 N–H and O–H groups in total. The molecule has 0 atom stereocenters. The van der Waals surface area contributed by atoms with Crippen LogP contribution in [-0.2, 0) is 6.42 Å². The number of aryl methyl sites for hydroxylation is 1. The van der Waals surface area contributed by atoms with Crippen molar-refractivity contribution in [3.63, 3.8) is 0 Å². The van der Waals surface area contributed by atoms with Gasteiger partial charge in [0.1, 0.15) is 11.0 Å². The van der Waals surface area contributed by atoms with Gasteiger partial charge in [0.15, 0.2) is 11.0 Å². The zero-order valence-corrected chi connectivity index (χ0v) is 11.5. The van der Waals surface area contributed by atoms with Gasteiger partial charge in [0, 0.05) is 26.0 Å². The van der Waals surface area contributed by atoms with Crippen LogP contribution in [0, 0.1) is 6.92 Å². The summed E-state index contributed by atoms with van der Waals surface area (Å²) < 4.78 is 4.88. The van der Waals surface area contributed by atoms with Crippen molar-refractivity contribution in [1.82, 2.24) is 20.1 Å². The van der Waals surface area contributed by atoms with Crippen molar-refractivity contribution in [3.05, 3.63) is 22.9 Å². The molecule has 0 saturated carbocycles. The van der Waals surface area contributed by atoms with E-state index in [4.69, 9.17) is 16.1 Å². The summed E-state index contributed by atoms with van der Waals surface area (Å²) in [6, 6.07) is 1.68. The number of nitrogens with zero attached hydrogens (tertiary/aromatic N) is 4. The average Bonchev–Trinajstić information content (AvgIpc) is 2.74. The first-order valence-corrected chi connectivity index (χ1v) is 6.89. The molecule has 0 aliphatic rings. The SMILES string of the molecule is CSc1nc(Cl)cc(NCCc2noc(C)n2)n1. The molecular formula is C10H12ClN5OS. The zero-order valence-electron chi connectivity index (χ0n) is 9.97. The van der Waals surface area contributed by atoms with Gasteiger partial charge in [-0.3, -0.25) is 0 Å². The van der Waals surface area contributed by atoms with E-state index >= 15 is 0 Å². The maximum atomic E-state index is 5.88. The Kier molecular flexibility index (Phi) is 4.38. The molecular weight excluding hydrogens is 274 g/mol. The molecule has 0 bridgehead atoms. The average molecular weight is 286 g/mol. The highest BCUT2D eigenvalue weighted by Crippen LogP contribution is 2.17. The largest absolute Gasteiger partial charge is 0.369 e. The number of hydrogen-bond donors (Lipinski definition) is 1. The topological polar surface area (TPSA) is 76.7 Å². The minimum absolute atomic E-state index is 0.423. The van der Waals surface area contributed by atoms with Gasteiger partial charge < -0.3 is 9.84 Å². The first-order chi connectivity index (χ1) is 8.67. The van der Waals surface area contributed by atoms with Crippen LogP contribution in [0.1, 0.15) is 11.7 Å². The summed E-state index contributed by atoms with van der Waals surface area (Å²) in [5, 5.41) is 8.02. The van der Waals surface area contributed by atoms with Crippen LogP contribution in [0.25, 0.3) is 0 Å². The lowest BCUT2D eigenvalue weighted by atomic mass is 10.4. The summed E-state index contributed by atoms with van der Waals surface area (Å²) in [4.78, 5) is 12.5. The number of hydrogen-bond acceptors (Lipinski definition) is 7. The summed E-state index contributed by atoms with van der Waals surface area (Å²) in [7, 11) is 0. The molecule has 0 aliphatic carbocycles. The van der Waals surface area contributed by atoms with Crippen molar-refractivity contribution in [2.75, 3.05) is 18.1 Å². The van der Waals surface area contributed by atoms with Crippen LogP contribution < -0.4 is 5.32 Å². The minimum Gasteiger partial charge on any atom is -0.369 e. The Morgan fingerprint density at radius 3 is 2.89 bits per heavy atom. The molecule has 0 unspecified atom stereocenters. The molecule has 0 aromatic carbocycles. The third-order valence-corrected chi connectivity index (χ3v) is 2.82. The summed E-state index contributed by atoms with van der Waals surface area (Å²) in [5.41, 5.74) is 0. The van der Waals surface area contributed by atoms with Crippen molar-refractivity contribution < 1.29 is 4.52 Å². The van der Waals surface area contributed by atoms with Crippen LogP contribution in [0.4, 0.5) is 5.82 Å². The fraction of sp³-hybridized carbons (Fsp3) is 0.400. The molecule has 0 radical (unpaired) electrons. The smallest absolute Gasteiger partial charge is 0.223 e. The van der Waals surface area contributed by atoms with E-state index in [0.29, 0.717) is 40.8 Å². The number of thioether (sulfide) groups is 1. The van der Waals surface area contributed by atoms with Crippen molar-refractivity contribution in [2.45, 2.75) is 18.5 Å². The summed E-state index contributed by atoms with van der Waals surface area (Å²) in [6.45, 7) is 2.42. The molecule has 2 rings (SSSR count). The number of anilines is 1. The second kappa shape index (κ2) is 6.01. The Balaban J connectivity index is 1.91. The van der Waals surface area contributed by atoms with Crippen LogP contribution >= 0.6 is 23.4 Å². The minimum atomic E-state index is 0.423. The lowest BCUT2D eigenvalue weighted by Crippen LogP contribution is -2.08. The van der Waals surface area contributed by atoms with E-state index in [0.717, 1.165) is 0 Å². The van der Waals surface area contributed by atoms with Gasteiger partial charge in [-0.2, -0.15) is 4.98 Å². The van der Waals surface area contributed by atoms with Gasteiger partial charge in [-0.05, 0) is 6.26 Å². The maximum absolute atomic E-state index is 5.88. The molecule has 96 valence electrons. The molecule has 2 heterocycles. The van der Waals surface area contributed by atoms with E-state index in [1.807, 2.05) is 6.26 Å². The fourth-order valence-corrected chi connectivity index (χ4v) is 1.94. The van der Waals surface area contributed by atoms with Crippen molar-refractivity contribution in [1.29, 1.82) is 0 Å². The Bertz CT molecular complexity index is 533. The first-order valence-electron chi connectivity index (χ1n) is 5.29. The lowest BCUT2D eigenvalue weighted by molar-refractivity contribution is 0.387. The first kappa shape index (κ1) is 13.1. The van der Waals surface area contributed by atoms with Gasteiger partial charge in [-0.15, -0.1) is 0 Å². The third-order valence-electron chi connectivity index (χ3n) is 2.08. The fourth-order valence-electron chi connectivity index (χ4n) is 1.32. The predicted molar refractivity (Wildman–Crippen MR) is 70.1 cm³/mol. The molecule has 18 heavy (non-hydrogen) atoms. The van der Waals surface area contributed by atoms with Gasteiger partial charge in [-0.1, -0.05) is 28.5 Å². The summed E-state index contributed by atoms with van der Waals surface area (Å²) >= 11 is 7.33.